The van der Waals surface area contributed by atoms with Gasteiger partial charge in [0.05, 0.1) is 18.8 Å². The molecule has 0 aromatic heterocycles. The Kier molecular flexibility index (Phi) is 5.88. The van der Waals surface area contributed by atoms with E-state index < -0.39 is 0 Å². The third kappa shape index (κ3) is 5.02. The van der Waals surface area contributed by atoms with Crippen LogP contribution in [-0.4, -0.2) is 71.4 Å². The van der Waals surface area contributed by atoms with Crippen molar-refractivity contribution < 1.29 is 15.0 Å². The highest BCUT2D eigenvalue weighted by Crippen LogP contribution is 2.10. The molecule has 1 aliphatic heterocycles. The Hall–Kier alpha value is -0.650. The summed E-state index contributed by atoms with van der Waals surface area (Å²) in [7, 11) is 1.84. The van der Waals surface area contributed by atoms with Crippen LogP contribution in [0.3, 0.4) is 0 Å². The first kappa shape index (κ1) is 14.4. The maximum absolute atomic E-state index is 11.9. The van der Waals surface area contributed by atoms with Crippen molar-refractivity contribution in [3.8, 4) is 0 Å². The molecule has 0 aromatic rings. The number of nitrogens with zero attached hydrogens (tertiary/aromatic N) is 2. The van der Waals surface area contributed by atoms with Gasteiger partial charge in [0.15, 0.2) is 0 Å². The minimum Gasteiger partial charge on any atom is -0.393 e. The van der Waals surface area contributed by atoms with E-state index in [0.717, 1.165) is 0 Å². The van der Waals surface area contributed by atoms with E-state index >= 15 is 0 Å². The lowest BCUT2D eigenvalue weighted by Gasteiger charge is -2.31. The normalized spacial score (nSPS) is 19.7. The van der Waals surface area contributed by atoms with Gasteiger partial charge in [-0.05, 0) is 26.3 Å². The van der Waals surface area contributed by atoms with Gasteiger partial charge in [0.1, 0.15) is 0 Å². The van der Waals surface area contributed by atoms with Crippen molar-refractivity contribution in [3.05, 3.63) is 0 Å². The number of carbonyl (C=O) groups is 1. The highest BCUT2D eigenvalue weighted by molar-refractivity contribution is 5.78. The van der Waals surface area contributed by atoms with Crippen molar-refractivity contribution in [2.24, 2.45) is 0 Å². The van der Waals surface area contributed by atoms with Crippen LogP contribution >= 0.6 is 0 Å². The summed E-state index contributed by atoms with van der Waals surface area (Å²) < 4.78 is 0. The molecule has 100 valence electrons. The van der Waals surface area contributed by atoms with Gasteiger partial charge >= 0.3 is 0 Å². The molecule has 0 aromatic carbocycles. The largest absolute Gasteiger partial charge is 0.393 e. The summed E-state index contributed by atoms with van der Waals surface area (Å²) in [5.74, 6) is 0.0858. The minimum atomic E-state index is -0.365. The third-order valence-corrected chi connectivity index (χ3v) is 3.22. The van der Waals surface area contributed by atoms with Crippen LogP contribution in [0.2, 0.25) is 0 Å². The van der Waals surface area contributed by atoms with E-state index in [1.54, 1.807) is 4.90 Å². The van der Waals surface area contributed by atoms with Gasteiger partial charge in [-0.3, -0.25) is 9.69 Å². The van der Waals surface area contributed by atoms with Gasteiger partial charge < -0.3 is 15.1 Å². The summed E-state index contributed by atoms with van der Waals surface area (Å²) in [5, 5.41) is 18.8. The van der Waals surface area contributed by atoms with E-state index in [-0.39, 0.29) is 18.1 Å². The molecule has 0 radical (unpaired) electrons. The molecule has 1 heterocycles. The van der Waals surface area contributed by atoms with Crippen LogP contribution in [0.25, 0.3) is 0 Å². The third-order valence-electron chi connectivity index (χ3n) is 3.22. The second-order valence-corrected chi connectivity index (χ2v) is 4.87. The molecule has 2 N–H and O–H groups in total. The van der Waals surface area contributed by atoms with Crippen LogP contribution in [0.15, 0.2) is 0 Å². The number of piperidine rings is 1. The minimum absolute atomic E-state index is 0.0858. The van der Waals surface area contributed by atoms with Crippen molar-refractivity contribution in [2.75, 3.05) is 33.2 Å². The summed E-state index contributed by atoms with van der Waals surface area (Å²) in [6, 6.07) is 0. The first-order chi connectivity index (χ1) is 8.02. The van der Waals surface area contributed by atoms with Gasteiger partial charge in [-0.2, -0.15) is 0 Å². The van der Waals surface area contributed by atoms with E-state index in [4.69, 9.17) is 0 Å². The number of aliphatic hydroxyl groups excluding tert-OH is 2. The molecule has 1 atom stereocenters. The summed E-state index contributed by atoms with van der Waals surface area (Å²) in [4.78, 5) is 15.5. The lowest BCUT2D eigenvalue weighted by molar-refractivity contribution is -0.134. The number of likely N-dealkylation sites (N-methyl/N-ethyl adjacent to an activating group) is 1. The number of hydrogen-bond donors (Lipinski definition) is 2. The maximum atomic E-state index is 11.9. The summed E-state index contributed by atoms with van der Waals surface area (Å²) in [6.07, 6.45) is 1.43. The fourth-order valence-corrected chi connectivity index (χ4v) is 2.00. The Labute approximate surface area is 103 Å². The van der Waals surface area contributed by atoms with Gasteiger partial charge in [0.25, 0.3) is 0 Å². The summed E-state index contributed by atoms with van der Waals surface area (Å²) in [6.45, 7) is 4.08. The standard InChI is InChI=1S/C12H24N2O3/c1-3-10(15)8-13(2)9-12(17)14-6-4-11(16)5-7-14/h10-11,15-16H,3-9H2,1-2H3. The van der Waals surface area contributed by atoms with E-state index in [1.165, 1.54) is 0 Å². The topological polar surface area (TPSA) is 64.0 Å². The smallest absolute Gasteiger partial charge is 0.236 e. The van der Waals surface area contributed by atoms with Crippen LogP contribution in [0.5, 0.6) is 0 Å². The highest BCUT2D eigenvalue weighted by Gasteiger charge is 2.22. The molecule has 17 heavy (non-hydrogen) atoms. The van der Waals surface area contributed by atoms with E-state index in [0.29, 0.717) is 45.4 Å². The SMILES string of the molecule is CCC(O)CN(C)CC(=O)N1CCC(O)CC1. The Morgan fingerprint density at radius 3 is 2.59 bits per heavy atom. The maximum Gasteiger partial charge on any atom is 0.236 e. The van der Waals surface area contributed by atoms with Crippen molar-refractivity contribution in [2.45, 2.75) is 38.4 Å². The molecule has 1 fully saturated rings. The molecule has 1 aliphatic rings. The Balaban J connectivity index is 2.28. The number of rotatable bonds is 5. The zero-order valence-corrected chi connectivity index (χ0v) is 10.8. The van der Waals surface area contributed by atoms with Crippen molar-refractivity contribution in [3.63, 3.8) is 0 Å². The second kappa shape index (κ2) is 6.93. The number of carbonyl (C=O) groups excluding carboxylic acids is 1. The monoisotopic (exact) mass is 244 g/mol. The quantitative estimate of drug-likeness (QED) is 0.695. The van der Waals surface area contributed by atoms with Gasteiger partial charge in [-0.25, -0.2) is 0 Å². The molecule has 1 amide bonds. The zero-order valence-electron chi connectivity index (χ0n) is 10.8. The fraction of sp³-hybridized carbons (Fsp3) is 0.917. The molecule has 5 nitrogen and oxygen atoms in total. The van der Waals surface area contributed by atoms with E-state index in [1.807, 2.05) is 18.9 Å². The van der Waals surface area contributed by atoms with Gasteiger partial charge in [-0.1, -0.05) is 6.92 Å². The van der Waals surface area contributed by atoms with Crippen LogP contribution in [-0.2, 0) is 4.79 Å². The van der Waals surface area contributed by atoms with E-state index in [9.17, 15) is 15.0 Å². The lowest BCUT2D eigenvalue weighted by atomic mass is 10.1. The molecular weight excluding hydrogens is 220 g/mol. The second-order valence-electron chi connectivity index (χ2n) is 4.87. The number of amides is 1. The predicted molar refractivity (Wildman–Crippen MR) is 65.6 cm³/mol. The predicted octanol–water partition coefficient (Wildman–Crippen LogP) is -0.328. The summed E-state index contributed by atoms with van der Waals surface area (Å²) in [5.41, 5.74) is 0. The average Bonchev–Trinajstić information content (AvgIpc) is 2.29. The van der Waals surface area contributed by atoms with Crippen molar-refractivity contribution >= 4 is 5.91 Å². The van der Waals surface area contributed by atoms with Gasteiger partial charge in [0.2, 0.25) is 5.91 Å². The molecule has 0 saturated carbocycles. The number of likely N-dealkylation sites (tertiary alicyclic amines) is 1. The number of aliphatic hydroxyl groups is 2. The molecule has 0 spiro atoms. The fourth-order valence-electron chi connectivity index (χ4n) is 2.00. The highest BCUT2D eigenvalue weighted by atomic mass is 16.3. The summed E-state index contributed by atoms with van der Waals surface area (Å²) >= 11 is 0. The van der Waals surface area contributed by atoms with Crippen LogP contribution in [0.4, 0.5) is 0 Å². The Morgan fingerprint density at radius 2 is 2.06 bits per heavy atom. The molecule has 5 heteroatoms. The van der Waals surface area contributed by atoms with Crippen molar-refractivity contribution in [1.82, 2.24) is 9.80 Å². The van der Waals surface area contributed by atoms with Crippen LogP contribution < -0.4 is 0 Å². The number of hydrogen-bond acceptors (Lipinski definition) is 4. The Morgan fingerprint density at radius 1 is 1.47 bits per heavy atom. The molecule has 1 unspecified atom stereocenters. The molecule has 0 bridgehead atoms. The lowest BCUT2D eigenvalue weighted by Crippen LogP contribution is -2.45. The first-order valence-electron chi connectivity index (χ1n) is 6.35. The zero-order chi connectivity index (χ0) is 12.8. The molecule has 1 rings (SSSR count). The average molecular weight is 244 g/mol. The van der Waals surface area contributed by atoms with Crippen LogP contribution in [0, 0.1) is 0 Å². The van der Waals surface area contributed by atoms with E-state index in [2.05, 4.69) is 0 Å². The first-order valence-corrected chi connectivity index (χ1v) is 6.35. The van der Waals surface area contributed by atoms with Crippen LogP contribution in [0.1, 0.15) is 26.2 Å². The van der Waals surface area contributed by atoms with Gasteiger partial charge in [-0.15, -0.1) is 0 Å². The van der Waals surface area contributed by atoms with Gasteiger partial charge in [0, 0.05) is 19.6 Å². The molecule has 1 saturated heterocycles. The molecule has 0 aliphatic carbocycles. The molecular formula is C12H24N2O3. The van der Waals surface area contributed by atoms with Crippen molar-refractivity contribution in [1.29, 1.82) is 0 Å². The Bertz CT molecular complexity index is 240.